The van der Waals surface area contributed by atoms with E-state index in [1.54, 1.807) is 68.4 Å². The third-order valence-corrected chi connectivity index (χ3v) is 13.6. The van der Waals surface area contributed by atoms with Gasteiger partial charge in [0.1, 0.15) is 46.6 Å². The van der Waals surface area contributed by atoms with Crippen LogP contribution in [-0.4, -0.2) is 192 Å². The normalized spacial score (nSPS) is 17.0. The van der Waals surface area contributed by atoms with Crippen molar-refractivity contribution in [1.29, 1.82) is 0 Å². The number of carbonyl (C=O) groups excluding carboxylic acids is 8. The molecule has 2 heterocycles. The summed E-state index contributed by atoms with van der Waals surface area (Å²) >= 11 is 0. The smallest absolute Gasteiger partial charge is 0.305 e. The average molecular weight is 1260 g/mol. The van der Waals surface area contributed by atoms with Crippen LogP contribution in [0.3, 0.4) is 0 Å². The number of rotatable bonds is 36. The van der Waals surface area contributed by atoms with Gasteiger partial charge in [0.05, 0.1) is 62.7 Å². The number of anilines is 1. The number of hydrogen-bond donors (Lipinski definition) is 15. The number of guanidine groups is 1. The Morgan fingerprint density at radius 3 is 1.91 bits per heavy atom. The highest BCUT2D eigenvalue weighted by atomic mass is 32.3. The Morgan fingerprint density at radius 2 is 1.31 bits per heavy atom. The van der Waals surface area contributed by atoms with Crippen LogP contribution in [0.15, 0.2) is 81.8 Å². The van der Waals surface area contributed by atoms with Gasteiger partial charge in [0.25, 0.3) is 5.91 Å². The molecule has 0 aliphatic carbocycles. The van der Waals surface area contributed by atoms with Crippen molar-refractivity contribution in [3.63, 3.8) is 0 Å². The van der Waals surface area contributed by atoms with Crippen LogP contribution in [0.1, 0.15) is 86.7 Å². The SMILES string of the molecule is CC(C)[C@@H]1NC(=O)[C@@H](Cc2ccc(OCCCNC(=O)CCC(=O)NCCCOCCOCCOCCCNC(=O)c3ccc(N/N=C/c4ccccc4S(O)(O)O)nc3)cc2)NC(=O)[C@H](CC(=O)O)NC(=O)CNC(=O)[C@H](CCCN=C(N)N)NC1=O. The number of ether oxygens (including phenoxy) is 4. The van der Waals surface area contributed by atoms with Gasteiger partial charge in [-0.25, -0.2) is 4.98 Å². The molecule has 1 saturated heterocycles. The second-order valence-electron chi connectivity index (χ2n) is 20.1. The standard InChI is InChI=1S/C56H82N14O17S/c1-36(2)50-55(80)67-41(10-5-20-62-56(57)58)52(77)64-35-48(73)66-43(32-49(74)75)53(78)68-42(54(79)69-50)31-37-12-15-40(16-13-37)87-26-8-22-60-47(72)19-18-46(71)59-21-6-24-84-27-29-86-30-28-85-25-7-23-61-51(76)39-14-17-45(63-33-39)70-65-34-38-9-3-4-11-44(38)88(81,82)83/h3-4,9,11-17,33-34,36,41-43,50,81-83H,5-8,10,18-32,35H2,1-2H3,(H,59,71)(H,60,72)(H,61,76)(H,63,70)(H,64,77)(H,66,73)(H,67,80)(H,68,78)(H,69,79)(H,74,75)(H4,57,58,62)/b65-34+/t41-,42+,43-,50-/m0/s1. The summed E-state index contributed by atoms with van der Waals surface area (Å²) < 4.78 is 51.2. The van der Waals surface area contributed by atoms with Gasteiger partial charge < -0.3 is 91.7 Å². The number of carboxylic acid groups (broad SMARTS) is 1. The number of amides is 8. The van der Waals surface area contributed by atoms with E-state index < -0.39 is 89.4 Å². The van der Waals surface area contributed by atoms with Crippen LogP contribution >= 0.6 is 10.9 Å². The second-order valence-corrected chi connectivity index (χ2v) is 21.6. The van der Waals surface area contributed by atoms with Gasteiger partial charge in [0.15, 0.2) is 5.96 Å². The molecule has 8 amide bonds. The van der Waals surface area contributed by atoms with E-state index in [4.69, 9.17) is 30.4 Å². The predicted molar refractivity (Wildman–Crippen MR) is 323 cm³/mol. The van der Waals surface area contributed by atoms with Crippen molar-refractivity contribution in [2.45, 2.75) is 101 Å². The molecular weight excluding hydrogens is 1170 g/mol. The van der Waals surface area contributed by atoms with E-state index in [1.807, 2.05) is 0 Å². The first-order valence-corrected chi connectivity index (χ1v) is 30.0. The molecule has 1 aliphatic rings. The third kappa shape index (κ3) is 28.8. The largest absolute Gasteiger partial charge is 0.494 e. The van der Waals surface area contributed by atoms with E-state index in [0.29, 0.717) is 100 Å². The van der Waals surface area contributed by atoms with Gasteiger partial charge in [-0.3, -0.25) is 53.6 Å². The molecule has 2 aromatic carbocycles. The van der Waals surface area contributed by atoms with Crippen LogP contribution in [0, 0.1) is 5.92 Å². The van der Waals surface area contributed by atoms with Gasteiger partial charge in [0.2, 0.25) is 41.4 Å². The van der Waals surface area contributed by atoms with Gasteiger partial charge in [-0.2, -0.15) is 5.10 Å². The number of nitrogens with one attached hydrogen (secondary N) is 9. The van der Waals surface area contributed by atoms with Crippen molar-refractivity contribution in [2.75, 3.05) is 84.4 Å². The van der Waals surface area contributed by atoms with Crippen molar-refractivity contribution in [2.24, 2.45) is 27.5 Å². The summed E-state index contributed by atoms with van der Waals surface area (Å²) in [5.74, 6) is -6.39. The fourth-order valence-corrected chi connectivity index (χ4v) is 8.79. The minimum atomic E-state index is -3.92. The van der Waals surface area contributed by atoms with Crippen LogP contribution in [-0.2, 0) is 59.0 Å². The molecule has 1 aromatic heterocycles. The Labute approximate surface area is 510 Å². The van der Waals surface area contributed by atoms with E-state index in [-0.39, 0.29) is 80.4 Å². The summed E-state index contributed by atoms with van der Waals surface area (Å²) in [6.07, 6.45) is 3.54. The number of pyridine rings is 1. The molecule has 31 nitrogen and oxygen atoms in total. The zero-order valence-corrected chi connectivity index (χ0v) is 50.0. The maximum Gasteiger partial charge on any atom is 0.305 e. The molecule has 3 aromatic rings. The number of nitrogens with two attached hydrogens (primary N) is 2. The molecule has 4 atom stereocenters. The molecule has 484 valence electrons. The first-order chi connectivity index (χ1) is 42.1. The van der Waals surface area contributed by atoms with Gasteiger partial charge in [0, 0.05) is 70.4 Å². The second kappa shape index (κ2) is 39.3. The molecule has 0 unspecified atom stereocenters. The third-order valence-electron chi connectivity index (χ3n) is 12.7. The molecule has 1 fully saturated rings. The first kappa shape index (κ1) is 71.9. The molecule has 17 N–H and O–H groups in total. The fourth-order valence-electron chi connectivity index (χ4n) is 8.10. The molecule has 1 aliphatic heterocycles. The fraction of sp³-hybridized carbons (Fsp3) is 0.500. The number of aromatic nitrogens is 1. The van der Waals surface area contributed by atoms with E-state index in [0.717, 1.165) is 0 Å². The van der Waals surface area contributed by atoms with Gasteiger partial charge >= 0.3 is 5.97 Å². The zero-order chi connectivity index (χ0) is 64.3. The molecule has 0 spiro atoms. The molecule has 0 bridgehead atoms. The lowest BCUT2D eigenvalue weighted by molar-refractivity contribution is -0.141. The lowest BCUT2D eigenvalue weighted by atomic mass is 9.99. The molecule has 32 heteroatoms. The van der Waals surface area contributed by atoms with E-state index >= 15 is 0 Å². The van der Waals surface area contributed by atoms with Crippen LogP contribution in [0.2, 0.25) is 0 Å². The Morgan fingerprint density at radius 1 is 0.705 bits per heavy atom. The zero-order valence-electron chi connectivity index (χ0n) is 49.2. The lowest BCUT2D eigenvalue weighted by Gasteiger charge is -2.27. The van der Waals surface area contributed by atoms with Crippen molar-refractivity contribution >= 4 is 82.1 Å². The summed E-state index contributed by atoms with van der Waals surface area (Å²) in [4.78, 5) is 124. The number of nitrogens with zero attached hydrogens (tertiary/aromatic N) is 3. The van der Waals surface area contributed by atoms with Gasteiger partial charge in [-0.1, -0.05) is 44.2 Å². The first-order valence-electron chi connectivity index (χ1n) is 28.5. The number of hydrogen-bond acceptors (Lipinski definition) is 20. The molecule has 0 saturated carbocycles. The van der Waals surface area contributed by atoms with Crippen molar-refractivity contribution in [3.8, 4) is 5.75 Å². The quantitative estimate of drug-likeness (QED) is 0.0157. The number of aliphatic imine (C=N–C) groups is 1. The highest BCUT2D eigenvalue weighted by Crippen LogP contribution is 2.44. The number of benzene rings is 2. The molecular formula is C56H82N14O17S. The highest BCUT2D eigenvalue weighted by molar-refractivity contribution is 8.19. The van der Waals surface area contributed by atoms with Crippen LogP contribution in [0.25, 0.3) is 0 Å². The molecule has 0 radical (unpaired) electrons. The van der Waals surface area contributed by atoms with E-state index in [2.05, 4.69) is 63.0 Å². The van der Waals surface area contributed by atoms with E-state index in [9.17, 15) is 61.9 Å². The maximum absolute atomic E-state index is 13.9. The minimum Gasteiger partial charge on any atom is -0.494 e. The molecule has 88 heavy (non-hydrogen) atoms. The average Bonchev–Trinajstić information content (AvgIpc) is 3.72. The highest BCUT2D eigenvalue weighted by Gasteiger charge is 2.34. The number of aliphatic carboxylic acids is 1. The number of carbonyl (C=O) groups is 9. The van der Waals surface area contributed by atoms with Crippen molar-refractivity contribution < 1.29 is 80.9 Å². The Kier molecular flexibility index (Phi) is 32.1. The van der Waals surface area contributed by atoms with Crippen LogP contribution < -0.4 is 64.2 Å². The Hall–Kier alpha value is -8.53. The van der Waals surface area contributed by atoms with Crippen LogP contribution in [0.4, 0.5) is 5.82 Å². The van der Waals surface area contributed by atoms with E-state index in [1.165, 1.54) is 18.5 Å². The summed E-state index contributed by atoms with van der Waals surface area (Å²) in [7, 11) is -3.92. The monoisotopic (exact) mass is 1250 g/mol. The van der Waals surface area contributed by atoms with Gasteiger partial charge in [-0.05, 0) is 73.9 Å². The molecule has 4 rings (SSSR count). The Balaban J connectivity index is 1.04. The summed E-state index contributed by atoms with van der Waals surface area (Å²) in [5, 5.41) is 34.4. The number of hydrazone groups is 1. The summed E-state index contributed by atoms with van der Waals surface area (Å²) in [6.45, 7) is 6.25. The van der Waals surface area contributed by atoms with Crippen molar-refractivity contribution in [3.05, 3.63) is 83.6 Å². The maximum atomic E-state index is 13.9. The minimum absolute atomic E-state index is 0.000372. The van der Waals surface area contributed by atoms with Crippen molar-refractivity contribution in [1.82, 2.24) is 47.5 Å². The Bertz CT molecular complexity index is 2800. The topological polar surface area (TPSA) is 469 Å². The lowest BCUT2D eigenvalue weighted by Crippen LogP contribution is -2.59. The van der Waals surface area contributed by atoms with Gasteiger partial charge in [-0.15, -0.1) is 0 Å². The predicted octanol–water partition coefficient (Wildman–Crippen LogP) is -0.0526. The summed E-state index contributed by atoms with van der Waals surface area (Å²) in [6, 6.07) is 10.4. The van der Waals surface area contributed by atoms with Crippen LogP contribution in [0.5, 0.6) is 5.75 Å². The number of carboxylic acids is 1. The summed E-state index contributed by atoms with van der Waals surface area (Å²) in [5.41, 5.74) is 14.7.